The Morgan fingerprint density at radius 2 is 1.88 bits per heavy atom. The summed E-state index contributed by atoms with van der Waals surface area (Å²) in [5.74, 6) is 2.05. The normalized spacial score (nSPS) is 15.3. The van der Waals surface area contributed by atoms with Crippen molar-refractivity contribution >= 4 is 41.7 Å². The molecule has 2 rings (SSSR count). The highest BCUT2D eigenvalue weighted by atomic mass is 35.5. The molecule has 0 aromatic heterocycles. The predicted molar refractivity (Wildman–Crippen MR) is 103 cm³/mol. The van der Waals surface area contributed by atoms with Gasteiger partial charge in [0.15, 0.2) is 0 Å². The van der Waals surface area contributed by atoms with Gasteiger partial charge in [0.05, 0.1) is 12.5 Å². The molecule has 1 aliphatic rings. The number of hydrogen-bond acceptors (Lipinski definition) is 4. The van der Waals surface area contributed by atoms with Crippen LogP contribution in [-0.2, 0) is 16.0 Å². The molecule has 0 aliphatic carbocycles. The van der Waals surface area contributed by atoms with Crippen molar-refractivity contribution in [2.75, 3.05) is 29.9 Å². The van der Waals surface area contributed by atoms with Crippen molar-refractivity contribution in [3.05, 3.63) is 29.8 Å². The van der Waals surface area contributed by atoms with Crippen LogP contribution < -0.4 is 11.1 Å². The molecule has 134 valence electrons. The number of carbonyl (C=O) groups excluding carboxylic acids is 2. The van der Waals surface area contributed by atoms with Gasteiger partial charge in [-0.2, -0.15) is 11.8 Å². The zero-order valence-electron chi connectivity index (χ0n) is 14.0. The summed E-state index contributed by atoms with van der Waals surface area (Å²) in [6.45, 7) is 3.68. The Labute approximate surface area is 154 Å². The molecule has 7 heteroatoms. The molecule has 1 heterocycles. The average Bonchev–Trinajstić information content (AvgIpc) is 2.57. The van der Waals surface area contributed by atoms with E-state index in [0.717, 1.165) is 36.6 Å². The highest BCUT2D eigenvalue weighted by Crippen LogP contribution is 2.14. The second-order valence-corrected chi connectivity index (χ2v) is 6.98. The fourth-order valence-corrected chi connectivity index (χ4v) is 3.39. The van der Waals surface area contributed by atoms with E-state index in [9.17, 15) is 9.59 Å². The van der Waals surface area contributed by atoms with E-state index in [4.69, 9.17) is 5.73 Å². The first-order chi connectivity index (χ1) is 11.1. The molecule has 1 aromatic carbocycles. The van der Waals surface area contributed by atoms with Gasteiger partial charge in [-0.1, -0.05) is 25.5 Å². The Kier molecular flexibility index (Phi) is 9.18. The number of nitrogens with one attached hydrogen (secondary N) is 1. The molecule has 1 aliphatic heterocycles. The van der Waals surface area contributed by atoms with Crippen LogP contribution in [0.5, 0.6) is 0 Å². The first kappa shape index (κ1) is 20.8. The van der Waals surface area contributed by atoms with Gasteiger partial charge in [0.25, 0.3) is 0 Å². The van der Waals surface area contributed by atoms with Gasteiger partial charge >= 0.3 is 0 Å². The third kappa shape index (κ3) is 6.34. The lowest BCUT2D eigenvalue weighted by atomic mass is 10.1. The van der Waals surface area contributed by atoms with Gasteiger partial charge in [0.2, 0.25) is 11.8 Å². The third-order valence-corrected chi connectivity index (χ3v) is 4.82. The van der Waals surface area contributed by atoms with Crippen LogP contribution >= 0.6 is 24.2 Å². The summed E-state index contributed by atoms with van der Waals surface area (Å²) in [4.78, 5) is 26.0. The molecule has 1 saturated heterocycles. The number of nitrogens with zero attached hydrogens (tertiary/aromatic N) is 1. The van der Waals surface area contributed by atoms with Crippen LogP contribution in [0.2, 0.25) is 0 Å². The van der Waals surface area contributed by atoms with E-state index in [1.165, 1.54) is 0 Å². The van der Waals surface area contributed by atoms with E-state index in [1.54, 1.807) is 0 Å². The SMILES string of the molecule is CCCC(N)C(=O)Nc1ccc(CC(=O)N2CCSCC2)cc1.Cl. The summed E-state index contributed by atoms with van der Waals surface area (Å²) in [6.07, 6.45) is 1.96. The summed E-state index contributed by atoms with van der Waals surface area (Å²) in [6, 6.07) is 6.95. The lowest BCUT2D eigenvalue weighted by molar-refractivity contribution is -0.130. The van der Waals surface area contributed by atoms with E-state index >= 15 is 0 Å². The molecule has 0 bridgehead atoms. The standard InChI is InChI=1S/C17H25N3O2S.ClH/c1-2-3-15(18)17(22)19-14-6-4-13(5-7-14)12-16(21)20-8-10-23-11-9-20;/h4-7,15H,2-3,8-12,18H2,1H3,(H,19,22);1H. The van der Waals surface area contributed by atoms with Crippen molar-refractivity contribution in [1.82, 2.24) is 4.90 Å². The molecule has 5 nitrogen and oxygen atoms in total. The monoisotopic (exact) mass is 371 g/mol. The number of halogens is 1. The number of carbonyl (C=O) groups is 2. The molecular weight excluding hydrogens is 346 g/mol. The minimum absolute atomic E-state index is 0. The van der Waals surface area contributed by atoms with Crippen LogP contribution in [0.4, 0.5) is 5.69 Å². The molecule has 1 aromatic rings. The van der Waals surface area contributed by atoms with Gasteiger partial charge in [0.1, 0.15) is 0 Å². The highest BCUT2D eigenvalue weighted by molar-refractivity contribution is 7.99. The van der Waals surface area contributed by atoms with Crippen LogP contribution in [0, 0.1) is 0 Å². The van der Waals surface area contributed by atoms with E-state index < -0.39 is 6.04 Å². The maximum Gasteiger partial charge on any atom is 0.241 e. The molecule has 3 N–H and O–H groups in total. The topological polar surface area (TPSA) is 75.4 Å². The number of benzene rings is 1. The first-order valence-corrected chi connectivity index (χ1v) is 9.26. The molecule has 0 radical (unpaired) electrons. The predicted octanol–water partition coefficient (Wildman–Crippen LogP) is 2.29. The zero-order valence-corrected chi connectivity index (χ0v) is 15.6. The van der Waals surface area contributed by atoms with Crippen molar-refractivity contribution in [3.8, 4) is 0 Å². The Hall–Kier alpha value is -1.24. The number of hydrogen-bond donors (Lipinski definition) is 2. The minimum atomic E-state index is -0.474. The highest BCUT2D eigenvalue weighted by Gasteiger charge is 2.17. The maximum atomic E-state index is 12.2. The molecule has 24 heavy (non-hydrogen) atoms. The fourth-order valence-electron chi connectivity index (χ4n) is 2.48. The summed E-state index contributed by atoms with van der Waals surface area (Å²) in [5.41, 5.74) is 7.47. The number of amides is 2. The van der Waals surface area contributed by atoms with Gasteiger partial charge in [0, 0.05) is 30.3 Å². The molecule has 0 spiro atoms. The van der Waals surface area contributed by atoms with E-state index in [0.29, 0.717) is 18.5 Å². The van der Waals surface area contributed by atoms with Gasteiger partial charge in [-0.3, -0.25) is 9.59 Å². The second-order valence-electron chi connectivity index (χ2n) is 5.75. The second kappa shape index (κ2) is 10.6. The summed E-state index contributed by atoms with van der Waals surface area (Å²) in [5, 5.41) is 2.81. The van der Waals surface area contributed by atoms with E-state index in [-0.39, 0.29) is 24.2 Å². The van der Waals surface area contributed by atoms with Crippen molar-refractivity contribution < 1.29 is 9.59 Å². The molecule has 1 atom stereocenters. The number of rotatable bonds is 6. The van der Waals surface area contributed by atoms with Crippen molar-refractivity contribution in [2.45, 2.75) is 32.2 Å². The smallest absolute Gasteiger partial charge is 0.241 e. The molecular formula is C17H26ClN3O2S. The summed E-state index contributed by atoms with van der Waals surface area (Å²) in [7, 11) is 0. The van der Waals surface area contributed by atoms with Gasteiger partial charge in [-0.25, -0.2) is 0 Å². The lowest BCUT2D eigenvalue weighted by Crippen LogP contribution is -2.38. The van der Waals surface area contributed by atoms with Crippen LogP contribution in [0.3, 0.4) is 0 Å². The summed E-state index contributed by atoms with van der Waals surface area (Å²) < 4.78 is 0. The van der Waals surface area contributed by atoms with Crippen LogP contribution in [0.1, 0.15) is 25.3 Å². The number of nitrogens with two attached hydrogens (primary N) is 1. The zero-order chi connectivity index (χ0) is 16.7. The van der Waals surface area contributed by atoms with Crippen molar-refractivity contribution in [3.63, 3.8) is 0 Å². The largest absolute Gasteiger partial charge is 0.341 e. The lowest BCUT2D eigenvalue weighted by Gasteiger charge is -2.26. The van der Waals surface area contributed by atoms with Crippen molar-refractivity contribution in [2.24, 2.45) is 5.73 Å². The molecule has 1 fully saturated rings. The van der Waals surface area contributed by atoms with E-state index in [1.807, 2.05) is 47.9 Å². The van der Waals surface area contributed by atoms with Crippen LogP contribution in [0.25, 0.3) is 0 Å². The molecule has 2 amide bonds. The number of anilines is 1. The molecule has 0 saturated carbocycles. The Morgan fingerprint density at radius 3 is 2.46 bits per heavy atom. The Balaban J connectivity index is 0.00000288. The quantitative estimate of drug-likeness (QED) is 0.804. The minimum Gasteiger partial charge on any atom is -0.341 e. The number of thioether (sulfide) groups is 1. The maximum absolute atomic E-state index is 12.2. The first-order valence-electron chi connectivity index (χ1n) is 8.11. The van der Waals surface area contributed by atoms with Crippen LogP contribution in [-0.4, -0.2) is 47.4 Å². The average molecular weight is 372 g/mol. The van der Waals surface area contributed by atoms with Gasteiger partial charge in [-0.05, 0) is 24.1 Å². The Morgan fingerprint density at radius 1 is 1.25 bits per heavy atom. The Bertz CT molecular complexity index is 533. The van der Waals surface area contributed by atoms with Crippen molar-refractivity contribution in [1.29, 1.82) is 0 Å². The van der Waals surface area contributed by atoms with Gasteiger partial charge in [-0.15, -0.1) is 12.4 Å². The van der Waals surface area contributed by atoms with E-state index in [2.05, 4.69) is 5.32 Å². The third-order valence-electron chi connectivity index (χ3n) is 3.88. The van der Waals surface area contributed by atoms with Crippen LogP contribution in [0.15, 0.2) is 24.3 Å². The molecule has 1 unspecified atom stereocenters. The fraction of sp³-hybridized carbons (Fsp3) is 0.529. The summed E-state index contributed by atoms with van der Waals surface area (Å²) >= 11 is 1.89. The van der Waals surface area contributed by atoms with Gasteiger partial charge < -0.3 is 16.0 Å².